The maximum Gasteiger partial charge on any atom is 0.305 e. The van der Waals surface area contributed by atoms with Gasteiger partial charge in [0.25, 0.3) is 0 Å². The molecule has 0 saturated heterocycles. The van der Waals surface area contributed by atoms with Crippen LogP contribution < -0.4 is 0 Å². The van der Waals surface area contributed by atoms with E-state index < -0.39 is 0 Å². The van der Waals surface area contributed by atoms with Gasteiger partial charge in [0.05, 0.1) is 6.61 Å². The maximum absolute atomic E-state index is 12.0. The van der Waals surface area contributed by atoms with E-state index in [9.17, 15) is 4.79 Å². The van der Waals surface area contributed by atoms with Crippen molar-refractivity contribution in [3.05, 3.63) is 12.2 Å². The van der Waals surface area contributed by atoms with Crippen LogP contribution >= 0.6 is 0 Å². The van der Waals surface area contributed by atoms with Gasteiger partial charge in [-0.05, 0) is 44.9 Å². The highest BCUT2D eigenvalue weighted by Gasteiger charge is 2.03. The summed E-state index contributed by atoms with van der Waals surface area (Å²) in [6.45, 7) is 3.26. The van der Waals surface area contributed by atoms with Crippen molar-refractivity contribution in [1.82, 2.24) is 0 Å². The second kappa shape index (κ2) is 40.2. The van der Waals surface area contributed by atoms with E-state index >= 15 is 0 Å². The molecule has 1 N–H and O–H groups in total. The van der Waals surface area contributed by atoms with Crippen molar-refractivity contribution < 1.29 is 14.6 Å². The number of aliphatic hydroxyl groups excluding tert-OH is 1. The van der Waals surface area contributed by atoms with Crippen molar-refractivity contribution in [2.45, 2.75) is 232 Å². The fourth-order valence-electron chi connectivity index (χ4n) is 6.17. The molecule has 3 nitrogen and oxygen atoms in total. The molecule has 0 aromatic rings. The van der Waals surface area contributed by atoms with Crippen LogP contribution in [0.2, 0.25) is 0 Å². The monoisotopic (exact) mass is 621 g/mol. The van der Waals surface area contributed by atoms with Gasteiger partial charge in [-0.15, -0.1) is 0 Å². The summed E-state index contributed by atoms with van der Waals surface area (Å²) in [6, 6.07) is 0. The van der Waals surface area contributed by atoms with E-state index in [0.29, 0.717) is 19.6 Å². The molecule has 0 fully saturated rings. The molecule has 262 valence electrons. The molecular weight excluding hydrogens is 540 g/mol. The third kappa shape index (κ3) is 39.2. The number of hydrogen-bond donors (Lipinski definition) is 1. The molecule has 0 unspecified atom stereocenters. The summed E-state index contributed by atoms with van der Waals surface area (Å²) in [5.74, 6) is 0.0167. The topological polar surface area (TPSA) is 46.5 Å². The molecular formula is C41H80O3. The Labute approximate surface area is 277 Å². The van der Waals surface area contributed by atoms with Crippen molar-refractivity contribution in [2.75, 3.05) is 13.2 Å². The van der Waals surface area contributed by atoms with Crippen LogP contribution in [0.1, 0.15) is 232 Å². The SMILES string of the molecule is CCCCCCCCC=CCCCCCCCCCC(=O)OCCCCCCCCCCCCCCCCCCCCCO. The number of ether oxygens (including phenoxy) is 1. The molecule has 0 spiro atoms. The zero-order valence-electron chi connectivity index (χ0n) is 30.1. The third-order valence-electron chi connectivity index (χ3n) is 9.21. The van der Waals surface area contributed by atoms with Gasteiger partial charge in [-0.25, -0.2) is 0 Å². The first-order valence-corrected chi connectivity index (χ1v) is 20.2. The Balaban J connectivity index is 3.17. The quantitative estimate of drug-likeness (QED) is 0.0424. The van der Waals surface area contributed by atoms with Gasteiger partial charge in [0.2, 0.25) is 0 Å². The van der Waals surface area contributed by atoms with Crippen LogP contribution in [0.25, 0.3) is 0 Å². The highest BCUT2D eigenvalue weighted by atomic mass is 16.5. The van der Waals surface area contributed by atoms with E-state index in [1.807, 2.05) is 0 Å². The Morgan fingerprint density at radius 1 is 0.432 bits per heavy atom. The number of unbranched alkanes of at least 4 members (excludes halogenated alkanes) is 31. The molecule has 44 heavy (non-hydrogen) atoms. The minimum atomic E-state index is 0.0167. The molecule has 0 amide bonds. The summed E-state index contributed by atoms with van der Waals surface area (Å²) >= 11 is 0. The summed E-state index contributed by atoms with van der Waals surface area (Å²) in [4.78, 5) is 12.0. The van der Waals surface area contributed by atoms with Crippen LogP contribution in [0.15, 0.2) is 12.2 Å². The Bertz CT molecular complexity index is 558. The lowest BCUT2D eigenvalue weighted by molar-refractivity contribution is -0.143. The second-order valence-corrected chi connectivity index (χ2v) is 13.7. The first-order chi connectivity index (χ1) is 21.8. The van der Waals surface area contributed by atoms with Gasteiger partial charge >= 0.3 is 5.97 Å². The molecule has 0 radical (unpaired) electrons. The number of allylic oxidation sites excluding steroid dienone is 2. The molecule has 0 atom stereocenters. The van der Waals surface area contributed by atoms with Gasteiger partial charge in [0.15, 0.2) is 0 Å². The number of hydrogen-bond acceptors (Lipinski definition) is 3. The number of rotatable bonds is 38. The van der Waals surface area contributed by atoms with Crippen LogP contribution in [0.3, 0.4) is 0 Å². The molecule has 0 bridgehead atoms. The van der Waals surface area contributed by atoms with Gasteiger partial charge in [0.1, 0.15) is 0 Å². The van der Waals surface area contributed by atoms with E-state index in [1.165, 1.54) is 199 Å². The van der Waals surface area contributed by atoms with E-state index in [-0.39, 0.29) is 5.97 Å². The van der Waals surface area contributed by atoms with E-state index in [4.69, 9.17) is 9.84 Å². The predicted molar refractivity (Wildman–Crippen MR) is 194 cm³/mol. The Hall–Kier alpha value is -0.830. The van der Waals surface area contributed by atoms with Crippen molar-refractivity contribution in [1.29, 1.82) is 0 Å². The van der Waals surface area contributed by atoms with Crippen LogP contribution in [0, 0.1) is 0 Å². The molecule has 3 heteroatoms. The fourth-order valence-corrected chi connectivity index (χ4v) is 6.17. The predicted octanol–water partition coefficient (Wildman–Crippen LogP) is 13.8. The van der Waals surface area contributed by atoms with Crippen molar-refractivity contribution in [3.63, 3.8) is 0 Å². The third-order valence-corrected chi connectivity index (χ3v) is 9.21. The van der Waals surface area contributed by atoms with Crippen LogP contribution in [-0.4, -0.2) is 24.3 Å². The number of carbonyl (C=O) groups is 1. The van der Waals surface area contributed by atoms with Crippen molar-refractivity contribution in [2.24, 2.45) is 0 Å². The van der Waals surface area contributed by atoms with Crippen molar-refractivity contribution >= 4 is 5.97 Å². The van der Waals surface area contributed by atoms with Gasteiger partial charge in [0, 0.05) is 13.0 Å². The summed E-state index contributed by atoms with van der Waals surface area (Å²) < 4.78 is 5.46. The minimum Gasteiger partial charge on any atom is -0.466 e. The van der Waals surface area contributed by atoms with Gasteiger partial charge in [-0.3, -0.25) is 4.79 Å². The molecule has 0 aromatic carbocycles. The smallest absolute Gasteiger partial charge is 0.305 e. The minimum absolute atomic E-state index is 0.0167. The highest BCUT2D eigenvalue weighted by Crippen LogP contribution is 2.15. The number of carbonyl (C=O) groups excluding carboxylic acids is 1. The average molecular weight is 621 g/mol. The molecule has 0 aliphatic heterocycles. The Kier molecular flexibility index (Phi) is 39.4. The van der Waals surface area contributed by atoms with E-state index in [0.717, 1.165) is 19.3 Å². The van der Waals surface area contributed by atoms with Gasteiger partial charge in [-0.2, -0.15) is 0 Å². The Morgan fingerprint density at radius 3 is 1.14 bits per heavy atom. The average Bonchev–Trinajstić information content (AvgIpc) is 3.03. The summed E-state index contributed by atoms with van der Waals surface area (Å²) in [6.07, 6.45) is 50.2. The first-order valence-electron chi connectivity index (χ1n) is 20.2. The largest absolute Gasteiger partial charge is 0.466 e. The second-order valence-electron chi connectivity index (χ2n) is 13.7. The van der Waals surface area contributed by atoms with Crippen LogP contribution in [-0.2, 0) is 9.53 Å². The first kappa shape index (κ1) is 43.2. The van der Waals surface area contributed by atoms with Gasteiger partial charge in [-0.1, -0.05) is 192 Å². The molecule has 0 heterocycles. The lowest BCUT2D eigenvalue weighted by Crippen LogP contribution is -2.05. The summed E-state index contributed by atoms with van der Waals surface area (Å²) in [5, 5.41) is 8.79. The number of esters is 1. The van der Waals surface area contributed by atoms with Crippen molar-refractivity contribution in [3.8, 4) is 0 Å². The standard InChI is InChI=1S/C41H80O3/c1-2-3-4-5-6-7-8-9-10-14-17-20-23-26-29-32-35-38-41(43)44-40-37-34-31-28-25-22-19-16-13-11-12-15-18-21-24-27-30-33-36-39-42/h9-10,42H,2-8,11-40H2,1H3. The van der Waals surface area contributed by atoms with E-state index in [2.05, 4.69) is 19.1 Å². The fraction of sp³-hybridized carbons (Fsp3) is 0.927. The molecule has 0 aliphatic carbocycles. The zero-order valence-corrected chi connectivity index (χ0v) is 30.1. The molecule has 0 aromatic heterocycles. The van der Waals surface area contributed by atoms with E-state index in [1.54, 1.807) is 0 Å². The summed E-state index contributed by atoms with van der Waals surface area (Å²) in [7, 11) is 0. The normalized spacial score (nSPS) is 11.6. The van der Waals surface area contributed by atoms with Gasteiger partial charge < -0.3 is 9.84 Å². The lowest BCUT2D eigenvalue weighted by atomic mass is 10.0. The molecule has 0 saturated carbocycles. The summed E-state index contributed by atoms with van der Waals surface area (Å²) in [5.41, 5.74) is 0. The Morgan fingerprint density at radius 2 is 0.750 bits per heavy atom. The molecule has 0 aliphatic rings. The highest BCUT2D eigenvalue weighted by molar-refractivity contribution is 5.69. The zero-order chi connectivity index (χ0) is 31.9. The lowest BCUT2D eigenvalue weighted by Gasteiger charge is -2.06. The molecule has 0 rings (SSSR count). The van der Waals surface area contributed by atoms with Crippen LogP contribution in [0.5, 0.6) is 0 Å². The van der Waals surface area contributed by atoms with Crippen LogP contribution in [0.4, 0.5) is 0 Å². The maximum atomic E-state index is 12.0. The number of aliphatic hydroxyl groups is 1.